The number of hydrogen-bond acceptors (Lipinski definition) is 6. The minimum Gasteiger partial charge on any atom is -0.492 e. The van der Waals surface area contributed by atoms with Crippen LogP contribution in [0.5, 0.6) is 11.5 Å². The summed E-state index contributed by atoms with van der Waals surface area (Å²) in [6.07, 6.45) is 4.43. The van der Waals surface area contributed by atoms with Crippen molar-refractivity contribution in [3.05, 3.63) is 24.3 Å². The topological polar surface area (TPSA) is 97.3 Å². The number of nitrogens with zero attached hydrogens (tertiary/aromatic N) is 1. The van der Waals surface area contributed by atoms with E-state index in [0.717, 1.165) is 18.8 Å². The van der Waals surface area contributed by atoms with Crippen LogP contribution in [0.15, 0.2) is 24.3 Å². The Kier molecular flexibility index (Phi) is 7.57. The summed E-state index contributed by atoms with van der Waals surface area (Å²) in [7, 11) is 0. The summed E-state index contributed by atoms with van der Waals surface area (Å²) < 4.78 is 17.1. The van der Waals surface area contributed by atoms with E-state index in [9.17, 15) is 14.7 Å². The van der Waals surface area contributed by atoms with Crippen molar-refractivity contribution < 1.29 is 28.9 Å². The van der Waals surface area contributed by atoms with E-state index in [1.807, 2.05) is 32.1 Å². The first-order chi connectivity index (χ1) is 14.5. The smallest absolute Gasteiger partial charge is 0.307 e. The lowest BCUT2D eigenvalue weighted by Gasteiger charge is -2.31. The van der Waals surface area contributed by atoms with Gasteiger partial charge in [0, 0.05) is 25.2 Å². The lowest BCUT2D eigenvalue weighted by molar-refractivity contribution is -0.146. The number of morpholine rings is 1. The number of allylic oxidation sites excluding steroid dienone is 2. The van der Waals surface area contributed by atoms with Crippen LogP contribution in [0.25, 0.3) is 0 Å². The summed E-state index contributed by atoms with van der Waals surface area (Å²) >= 11 is 0. The van der Waals surface area contributed by atoms with Crippen LogP contribution in [0, 0.1) is 11.8 Å². The maximum Gasteiger partial charge on any atom is 0.307 e. The summed E-state index contributed by atoms with van der Waals surface area (Å²) in [5.41, 5.74) is 1.38. The second-order valence-electron chi connectivity index (χ2n) is 7.26. The van der Waals surface area contributed by atoms with Crippen molar-refractivity contribution in [2.24, 2.45) is 11.8 Å². The Morgan fingerprint density at radius 1 is 1.07 bits per heavy atom. The molecular weight excluding hydrogens is 388 g/mol. The molecule has 0 spiro atoms. The molecule has 0 bridgehead atoms. The lowest BCUT2D eigenvalue weighted by Crippen LogP contribution is -2.36. The number of carboxylic acids is 1. The van der Waals surface area contributed by atoms with Crippen molar-refractivity contribution in [2.75, 3.05) is 49.7 Å². The van der Waals surface area contributed by atoms with Crippen molar-refractivity contribution in [3.8, 4) is 11.5 Å². The van der Waals surface area contributed by atoms with Gasteiger partial charge in [0.25, 0.3) is 0 Å². The zero-order valence-corrected chi connectivity index (χ0v) is 17.6. The monoisotopic (exact) mass is 418 g/mol. The van der Waals surface area contributed by atoms with Crippen LogP contribution in [-0.2, 0) is 14.3 Å². The predicted molar refractivity (Wildman–Crippen MR) is 113 cm³/mol. The third-order valence-electron chi connectivity index (χ3n) is 5.36. The summed E-state index contributed by atoms with van der Waals surface area (Å²) in [6, 6.07) is 3.65. The third kappa shape index (κ3) is 5.05. The number of hydrogen-bond donors (Lipinski definition) is 2. The van der Waals surface area contributed by atoms with E-state index in [0.29, 0.717) is 56.5 Å². The molecule has 0 radical (unpaired) electrons. The Bertz CT molecular complexity index is 788. The fraction of sp³-hybridized carbons (Fsp3) is 0.545. The van der Waals surface area contributed by atoms with Crippen molar-refractivity contribution in [1.29, 1.82) is 0 Å². The fourth-order valence-corrected chi connectivity index (χ4v) is 3.85. The summed E-state index contributed by atoms with van der Waals surface area (Å²) in [5.74, 6) is -1.46. The number of nitrogens with one attached hydrogen (secondary N) is 1. The summed E-state index contributed by atoms with van der Waals surface area (Å²) in [5, 5.41) is 12.4. The Morgan fingerprint density at radius 2 is 1.70 bits per heavy atom. The number of aliphatic carboxylic acids is 1. The molecule has 0 aromatic heterocycles. The van der Waals surface area contributed by atoms with E-state index in [2.05, 4.69) is 10.2 Å². The minimum absolute atomic E-state index is 0.325. The Labute approximate surface area is 176 Å². The normalized spacial score (nSPS) is 21.2. The molecule has 1 aliphatic carbocycles. The number of carboxylic acid groups (broad SMARTS) is 1. The third-order valence-corrected chi connectivity index (χ3v) is 5.36. The van der Waals surface area contributed by atoms with Crippen LogP contribution in [0.4, 0.5) is 11.4 Å². The summed E-state index contributed by atoms with van der Waals surface area (Å²) in [4.78, 5) is 26.7. The molecule has 8 heteroatoms. The van der Waals surface area contributed by atoms with Gasteiger partial charge in [-0.1, -0.05) is 12.2 Å². The highest BCUT2D eigenvalue weighted by Crippen LogP contribution is 2.40. The molecule has 164 valence electrons. The first-order valence-corrected chi connectivity index (χ1v) is 10.5. The van der Waals surface area contributed by atoms with Gasteiger partial charge in [-0.15, -0.1) is 0 Å². The Balaban J connectivity index is 1.90. The van der Waals surface area contributed by atoms with Gasteiger partial charge in [0.1, 0.15) is 11.5 Å². The standard InChI is InChI=1S/C22H30N2O6/c1-3-29-19-14-18(24-9-11-28-12-10-24)20(30-4-2)13-17(19)23-21(25)15-7-5-6-8-16(15)22(26)27/h5-6,13-16H,3-4,7-12H2,1-2H3,(H,23,25)(H,26,27)/t15-,16-/m1/s1. The molecule has 8 nitrogen and oxygen atoms in total. The lowest BCUT2D eigenvalue weighted by atomic mass is 9.82. The predicted octanol–water partition coefficient (Wildman–Crippen LogP) is 2.93. The molecule has 1 aromatic rings. The van der Waals surface area contributed by atoms with Gasteiger partial charge in [-0.05, 0) is 26.7 Å². The van der Waals surface area contributed by atoms with Crippen molar-refractivity contribution in [3.63, 3.8) is 0 Å². The maximum absolute atomic E-state index is 13.0. The Morgan fingerprint density at radius 3 is 2.33 bits per heavy atom. The molecule has 2 atom stereocenters. The van der Waals surface area contributed by atoms with Gasteiger partial charge >= 0.3 is 5.97 Å². The van der Waals surface area contributed by atoms with E-state index in [-0.39, 0.29) is 5.91 Å². The van der Waals surface area contributed by atoms with Crippen LogP contribution in [0.1, 0.15) is 26.7 Å². The molecule has 1 saturated heterocycles. The van der Waals surface area contributed by atoms with Crippen LogP contribution in [0.2, 0.25) is 0 Å². The van der Waals surface area contributed by atoms with E-state index < -0.39 is 17.8 Å². The van der Waals surface area contributed by atoms with E-state index in [1.165, 1.54) is 0 Å². The molecule has 1 aromatic carbocycles. The van der Waals surface area contributed by atoms with Crippen molar-refractivity contribution in [2.45, 2.75) is 26.7 Å². The van der Waals surface area contributed by atoms with Crippen LogP contribution in [-0.4, -0.2) is 56.5 Å². The number of carbonyl (C=O) groups is 2. The Hall–Kier alpha value is -2.74. The molecule has 3 rings (SSSR count). The van der Waals surface area contributed by atoms with E-state index >= 15 is 0 Å². The fourth-order valence-electron chi connectivity index (χ4n) is 3.85. The van der Waals surface area contributed by atoms with Gasteiger partial charge in [0.05, 0.1) is 49.6 Å². The highest BCUT2D eigenvalue weighted by atomic mass is 16.5. The van der Waals surface area contributed by atoms with E-state index in [1.54, 1.807) is 6.07 Å². The molecule has 1 aliphatic heterocycles. The van der Waals surface area contributed by atoms with Gasteiger partial charge in [0.15, 0.2) is 0 Å². The van der Waals surface area contributed by atoms with Crippen LogP contribution >= 0.6 is 0 Å². The van der Waals surface area contributed by atoms with Gasteiger partial charge in [-0.2, -0.15) is 0 Å². The summed E-state index contributed by atoms with van der Waals surface area (Å²) in [6.45, 7) is 7.46. The van der Waals surface area contributed by atoms with Crippen LogP contribution < -0.4 is 19.7 Å². The number of rotatable bonds is 8. The van der Waals surface area contributed by atoms with Crippen LogP contribution in [0.3, 0.4) is 0 Å². The van der Waals surface area contributed by atoms with Gasteiger partial charge in [-0.3, -0.25) is 9.59 Å². The quantitative estimate of drug-likeness (QED) is 0.627. The molecular formula is C22H30N2O6. The average Bonchev–Trinajstić information content (AvgIpc) is 2.76. The van der Waals surface area contributed by atoms with Gasteiger partial charge < -0.3 is 29.5 Å². The zero-order valence-electron chi connectivity index (χ0n) is 17.6. The largest absolute Gasteiger partial charge is 0.492 e. The minimum atomic E-state index is -0.956. The molecule has 2 N–H and O–H groups in total. The maximum atomic E-state index is 13.0. The molecule has 0 saturated carbocycles. The zero-order chi connectivity index (χ0) is 21.5. The van der Waals surface area contributed by atoms with Crippen molar-refractivity contribution in [1.82, 2.24) is 0 Å². The SMILES string of the molecule is CCOc1cc(N2CCOCC2)c(OCC)cc1NC(=O)[C@@H]1CC=CC[C@H]1C(=O)O. The number of anilines is 2. The number of benzene rings is 1. The second-order valence-corrected chi connectivity index (χ2v) is 7.26. The molecule has 0 unspecified atom stereocenters. The molecule has 1 heterocycles. The highest BCUT2D eigenvalue weighted by molar-refractivity contribution is 5.97. The molecule has 30 heavy (non-hydrogen) atoms. The second kappa shape index (κ2) is 10.3. The molecule has 2 aliphatic rings. The first kappa shape index (κ1) is 22.0. The van der Waals surface area contributed by atoms with Crippen molar-refractivity contribution >= 4 is 23.3 Å². The number of carbonyl (C=O) groups excluding carboxylic acids is 1. The van der Waals surface area contributed by atoms with Gasteiger partial charge in [-0.25, -0.2) is 0 Å². The number of amides is 1. The number of ether oxygens (including phenoxy) is 3. The van der Waals surface area contributed by atoms with E-state index in [4.69, 9.17) is 14.2 Å². The molecule has 1 amide bonds. The average molecular weight is 418 g/mol. The molecule has 1 fully saturated rings. The first-order valence-electron chi connectivity index (χ1n) is 10.5. The van der Waals surface area contributed by atoms with Gasteiger partial charge in [0.2, 0.25) is 5.91 Å². The highest BCUT2D eigenvalue weighted by Gasteiger charge is 2.34.